The maximum Gasteiger partial charge on any atom is 0.244 e. The number of carbonyl (C=O) groups excluding carboxylic acids is 2. The Morgan fingerprint density at radius 1 is 1.10 bits per heavy atom. The molecule has 0 aromatic heterocycles. The molecule has 0 bridgehead atoms. The van der Waals surface area contributed by atoms with Crippen LogP contribution in [-0.4, -0.2) is 49.9 Å². The van der Waals surface area contributed by atoms with E-state index in [0.717, 1.165) is 29.7 Å². The van der Waals surface area contributed by atoms with Crippen LogP contribution in [0, 0.1) is 6.92 Å². The minimum atomic E-state index is -3.63. The van der Waals surface area contributed by atoms with E-state index in [-0.39, 0.29) is 29.0 Å². The first-order chi connectivity index (χ1) is 14.9. The Balaban J connectivity index is 1.59. The Morgan fingerprint density at radius 2 is 1.84 bits per heavy atom. The lowest BCUT2D eigenvalue weighted by Gasteiger charge is -2.30. The summed E-state index contributed by atoms with van der Waals surface area (Å²) >= 11 is 1.36. The van der Waals surface area contributed by atoms with Crippen LogP contribution in [0.25, 0.3) is 0 Å². The highest BCUT2D eigenvalue weighted by Crippen LogP contribution is 2.37. The van der Waals surface area contributed by atoms with Crippen LogP contribution in [0.5, 0.6) is 0 Å². The van der Waals surface area contributed by atoms with Gasteiger partial charge in [0.1, 0.15) is 6.54 Å². The van der Waals surface area contributed by atoms with Crippen LogP contribution < -0.4 is 10.2 Å². The number of amides is 2. The number of carbonyl (C=O) groups is 2. The van der Waals surface area contributed by atoms with E-state index in [0.29, 0.717) is 24.5 Å². The summed E-state index contributed by atoms with van der Waals surface area (Å²) in [6.07, 6.45) is 2.73. The normalized spacial score (nSPS) is 17.3. The molecular formula is C22H25N3O4S2. The van der Waals surface area contributed by atoms with Crippen molar-refractivity contribution >= 4 is 45.0 Å². The third kappa shape index (κ3) is 4.63. The maximum atomic E-state index is 13.1. The number of sulfonamides is 1. The van der Waals surface area contributed by atoms with E-state index in [2.05, 4.69) is 5.32 Å². The summed E-state index contributed by atoms with van der Waals surface area (Å²) in [4.78, 5) is 27.7. The topological polar surface area (TPSA) is 86.8 Å². The smallest absolute Gasteiger partial charge is 0.244 e. The van der Waals surface area contributed by atoms with Gasteiger partial charge in [-0.25, -0.2) is 8.42 Å². The summed E-state index contributed by atoms with van der Waals surface area (Å²) in [7, 11) is -3.63. The molecule has 2 aliphatic rings. The number of thioether (sulfide) groups is 1. The Kier molecular flexibility index (Phi) is 6.36. The standard InChI is InChI=1S/C22H25N3O4S2/c1-16-7-3-4-8-18(16)23-21(26)14-25-19-13-17(9-10-20(19)30-15-22(25)27)31(28,29)24-11-5-2-6-12-24/h3-4,7-10,13H,2,5-6,11-12,14-15H2,1H3,(H,23,26). The second-order valence-electron chi connectivity index (χ2n) is 7.73. The number of benzene rings is 2. The van der Waals surface area contributed by atoms with Gasteiger partial charge in [-0.15, -0.1) is 11.8 Å². The summed E-state index contributed by atoms with van der Waals surface area (Å²) < 4.78 is 27.7. The van der Waals surface area contributed by atoms with E-state index in [1.165, 1.54) is 27.0 Å². The van der Waals surface area contributed by atoms with Crippen molar-refractivity contribution < 1.29 is 18.0 Å². The predicted octanol–water partition coefficient (Wildman–Crippen LogP) is 3.25. The SMILES string of the molecule is Cc1ccccc1NC(=O)CN1C(=O)CSc2ccc(S(=O)(=O)N3CCCCC3)cc21. The van der Waals surface area contributed by atoms with Gasteiger partial charge < -0.3 is 10.2 Å². The van der Waals surface area contributed by atoms with Gasteiger partial charge in [-0.05, 0) is 49.6 Å². The van der Waals surface area contributed by atoms with E-state index in [1.54, 1.807) is 18.2 Å². The fourth-order valence-electron chi connectivity index (χ4n) is 3.82. The van der Waals surface area contributed by atoms with Crippen molar-refractivity contribution in [1.29, 1.82) is 0 Å². The number of anilines is 2. The van der Waals surface area contributed by atoms with Crippen molar-refractivity contribution in [2.75, 3.05) is 35.6 Å². The van der Waals surface area contributed by atoms with Crippen LogP contribution in [-0.2, 0) is 19.6 Å². The van der Waals surface area contributed by atoms with Gasteiger partial charge >= 0.3 is 0 Å². The van der Waals surface area contributed by atoms with Crippen molar-refractivity contribution in [3.8, 4) is 0 Å². The van der Waals surface area contributed by atoms with E-state index in [9.17, 15) is 18.0 Å². The number of fused-ring (bicyclic) bond motifs is 1. The molecule has 1 saturated heterocycles. The van der Waals surface area contributed by atoms with Gasteiger partial charge in [-0.3, -0.25) is 9.59 Å². The molecular weight excluding hydrogens is 434 g/mol. The number of hydrogen-bond acceptors (Lipinski definition) is 5. The van der Waals surface area contributed by atoms with Gasteiger partial charge in [0.25, 0.3) is 0 Å². The first-order valence-corrected chi connectivity index (χ1v) is 12.7. The Bertz CT molecular complexity index is 1110. The fourth-order valence-corrected chi connectivity index (χ4v) is 6.27. The number of aryl methyl sites for hydroxylation is 1. The number of para-hydroxylation sites is 1. The average molecular weight is 460 g/mol. The molecule has 0 unspecified atom stereocenters. The lowest BCUT2D eigenvalue weighted by molar-refractivity contribution is -0.120. The van der Waals surface area contributed by atoms with Gasteiger partial charge in [-0.2, -0.15) is 4.31 Å². The molecule has 9 heteroatoms. The van der Waals surface area contributed by atoms with E-state index in [4.69, 9.17) is 0 Å². The van der Waals surface area contributed by atoms with Crippen LogP contribution in [0.3, 0.4) is 0 Å². The minimum absolute atomic E-state index is 0.160. The number of nitrogens with one attached hydrogen (secondary N) is 1. The number of rotatable bonds is 5. The molecule has 2 amide bonds. The molecule has 2 aliphatic heterocycles. The van der Waals surface area contributed by atoms with Crippen molar-refractivity contribution in [3.63, 3.8) is 0 Å². The van der Waals surface area contributed by atoms with E-state index in [1.807, 2.05) is 25.1 Å². The van der Waals surface area contributed by atoms with Crippen molar-refractivity contribution in [3.05, 3.63) is 48.0 Å². The highest BCUT2D eigenvalue weighted by Gasteiger charge is 2.31. The zero-order valence-corrected chi connectivity index (χ0v) is 19.0. The van der Waals surface area contributed by atoms with Gasteiger partial charge in [0.15, 0.2) is 0 Å². The summed E-state index contributed by atoms with van der Waals surface area (Å²) in [5, 5.41) is 2.84. The average Bonchev–Trinajstić information content (AvgIpc) is 2.77. The lowest BCUT2D eigenvalue weighted by Crippen LogP contribution is -2.41. The third-order valence-corrected chi connectivity index (χ3v) is 8.49. The Labute approximate surface area is 186 Å². The van der Waals surface area contributed by atoms with Crippen LogP contribution in [0.2, 0.25) is 0 Å². The van der Waals surface area contributed by atoms with Crippen LogP contribution in [0.4, 0.5) is 11.4 Å². The Hall–Kier alpha value is -2.36. The number of hydrogen-bond donors (Lipinski definition) is 1. The molecule has 2 aromatic rings. The fraction of sp³-hybridized carbons (Fsp3) is 0.364. The summed E-state index contributed by atoms with van der Waals surface area (Å²) in [6, 6.07) is 12.3. The maximum absolute atomic E-state index is 13.1. The molecule has 0 aliphatic carbocycles. The van der Waals surface area contributed by atoms with E-state index >= 15 is 0 Å². The first-order valence-electron chi connectivity index (χ1n) is 10.3. The van der Waals surface area contributed by atoms with Gasteiger partial charge in [0.05, 0.1) is 16.3 Å². The predicted molar refractivity (Wildman–Crippen MR) is 122 cm³/mol. The minimum Gasteiger partial charge on any atom is -0.324 e. The quantitative estimate of drug-likeness (QED) is 0.742. The van der Waals surface area contributed by atoms with Crippen LogP contribution in [0.1, 0.15) is 24.8 Å². The van der Waals surface area contributed by atoms with Gasteiger partial charge in [-0.1, -0.05) is 24.6 Å². The highest BCUT2D eigenvalue weighted by molar-refractivity contribution is 8.00. The molecule has 0 radical (unpaired) electrons. The summed E-state index contributed by atoms with van der Waals surface area (Å²) in [6.45, 7) is 2.74. The zero-order valence-electron chi connectivity index (χ0n) is 17.3. The molecule has 1 N–H and O–H groups in total. The molecule has 4 rings (SSSR count). The van der Waals surface area contributed by atoms with Gasteiger partial charge in [0.2, 0.25) is 21.8 Å². The molecule has 0 atom stereocenters. The van der Waals surface area contributed by atoms with E-state index < -0.39 is 10.0 Å². The molecule has 2 aromatic carbocycles. The number of piperidine rings is 1. The third-order valence-electron chi connectivity index (χ3n) is 5.55. The summed E-state index contributed by atoms with van der Waals surface area (Å²) in [5.74, 6) is -0.335. The van der Waals surface area contributed by atoms with Crippen molar-refractivity contribution in [2.24, 2.45) is 0 Å². The Morgan fingerprint density at radius 3 is 2.58 bits per heavy atom. The molecule has 2 heterocycles. The molecule has 0 spiro atoms. The first kappa shape index (κ1) is 21.9. The van der Waals surface area contributed by atoms with Crippen LogP contribution in [0.15, 0.2) is 52.3 Å². The largest absolute Gasteiger partial charge is 0.324 e. The number of nitrogens with zero attached hydrogens (tertiary/aromatic N) is 2. The monoisotopic (exact) mass is 459 g/mol. The zero-order chi connectivity index (χ0) is 22.0. The summed E-state index contributed by atoms with van der Waals surface area (Å²) in [5.41, 5.74) is 2.08. The van der Waals surface area contributed by atoms with Crippen LogP contribution >= 0.6 is 11.8 Å². The lowest BCUT2D eigenvalue weighted by atomic mass is 10.2. The highest BCUT2D eigenvalue weighted by atomic mass is 32.2. The molecule has 0 saturated carbocycles. The van der Waals surface area contributed by atoms with Gasteiger partial charge in [0, 0.05) is 23.7 Å². The molecule has 31 heavy (non-hydrogen) atoms. The second kappa shape index (κ2) is 9.02. The van der Waals surface area contributed by atoms with Crippen molar-refractivity contribution in [2.45, 2.75) is 36.0 Å². The molecule has 1 fully saturated rings. The molecule has 164 valence electrons. The van der Waals surface area contributed by atoms with Crippen molar-refractivity contribution in [1.82, 2.24) is 4.31 Å². The molecule has 7 nitrogen and oxygen atoms in total. The second-order valence-corrected chi connectivity index (χ2v) is 10.7.